The van der Waals surface area contributed by atoms with Gasteiger partial charge in [-0.25, -0.2) is 0 Å². The van der Waals surface area contributed by atoms with Gasteiger partial charge in [0, 0.05) is 12.8 Å². The third-order valence-electron chi connectivity index (χ3n) is 2.32. The van der Waals surface area contributed by atoms with Crippen LogP contribution in [0.2, 0.25) is 0 Å². The normalized spacial score (nSPS) is 17.4. The van der Waals surface area contributed by atoms with Crippen molar-refractivity contribution >= 4 is 0 Å². The zero-order valence-corrected chi connectivity index (χ0v) is 9.54. The summed E-state index contributed by atoms with van der Waals surface area (Å²) < 4.78 is 78.3. The largest absolute Gasteiger partial charge is 0.394 e. The van der Waals surface area contributed by atoms with Crippen LogP contribution in [0.1, 0.15) is 12.8 Å². The highest BCUT2D eigenvalue weighted by Crippen LogP contribution is 2.49. The summed E-state index contributed by atoms with van der Waals surface area (Å²) in [6.07, 6.45) is -8.72. The third kappa shape index (κ3) is 4.20. The maximum atomic E-state index is 13.1. The zero-order chi connectivity index (χ0) is 15.5. The van der Waals surface area contributed by atoms with Crippen LogP contribution in [0.4, 0.5) is 26.3 Å². The molecular formula is C9H14F6O4. The van der Waals surface area contributed by atoms with Crippen LogP contribution in [0.25, 0.3) is 0 Å². The number of aliphatic hydroxyl groups is 4. The highest BCUT2D eigenvalue weighted by molar-refractivity contribution is 4.98. The quantitative estimate of drug-likeness (QED) is 0.489. The molecule has 2 atom stereocenters. The van der Waals surface area contributed by atoms with Gasteiger partial charge in [-0.15, -0.1) is 0 Å². The molecule has 0 radical (unpaired) electrons. The minimum atomic E-state index is -5.85. The molecule has 0 bridgehead atoms. The first kappa shape index (κ1) is 18.4. The molecule has 0 aromatic carbocycles. The minimum absolute atomic E-state index is 1.30. The van der Waals surface area contributed by atoms with Crippen molar-refractivity contribution in [2.45, 2.75) is 42.8 Å². The van der Waals surface area contributed by atoms with E-state index in [0.717, 1.165) is 0 Å². The Morgan fingerprint density at radius 1 is 0.684 bits per heavy atom. The number of alkyl halides is 6. The van der Waals surface area contributed by atoms with Crippen LogP contribution >= 0.6 is 0 Å². The molecule has 4 nitrogen and oxygen atoms in total. The monoisotopic (exact) mass is 300 g/mol. The van der Waals surface area contributed by atoms with Gasteiger partial charge in [0.15, 0.2) is 0 Å². The van der Waals surface area contributed by atoms with Gasteiger partial charge in [0.2, 0.25) is 0 Å². The van der Waals surface area contributed by atoms with Crippen molar-refractivity contribution in [1.82, 2.24) is 0 Å². The fraction of sp³-hybridized carbons (Fsp3) is 1.00. The van der Waals surface area contributed by atoms with E-state index < -0.39 is 56.0 Å². The summed E-state index contributed by atoms with van der Waals surface area (Å²) in [5.74, 6) is -16.5. The first-order chi connectivity index (χ1) is 8.41. The van der Waals surface area contributed by atoms with Crippen LogP contribution in [-0.4, -0.2) is 63.6 Å². The molecule has 0 heterocycles. The average Bonchev–Trinajstić information content (AvgIpc) is 2.26. The lowest BCUT2D eigenvalue weighted by Gasteiger charge is -2.34. The SMILES string of the molecule is OCC(O)CC(F)(F)C(F)(F)C(F)(F)CC(O)CO. The van der Waals surface area contributed by atoms with Crippen molar-refractivity contribution in [2.24, 2.45) is 0 Å². The summed E-state index contributed by atoms with van der Waals surface area (Å²) >= 11 is 0. The van der Waals surface area contributed by atoms with E-state index in [1.165, 1.54) is 0 Å². The van der Waals surface area contributed by atoms with Crippen molar-refractivity contribution in [1.29, 1.82) is 0 Å². The highest BCUT2D eigenvalue weighted by atomic mass is 19.3. The van der Waals surface area contributed by atoms with E-state index >= 15 is 0 Å². The lowest BCUT2D eigenvalue weighted by Crippen LogP contribution is -2.56. The smallest absolute Gasteiger partial charge is 0.372 e. The number of aliphatic hydroxyl groups excluding tert-OH is 4. The van der Waals surface area contributed by atoms with Crippen molar-refractivity contribution in [2.75, 3.05) is 13.2 Å². The Morgan fingerprint density at radius 3 is 1.16 bits per heavy atom. The lowest BCUT2D eigenvalue weighted by atomic mass is 9.95. The molecule has 10 heteroatoms. The van der Waals surface area contributed by atoms with Gasteiger partial charge in [-0.05, 0) is 0 Å². The average molecular weight is 300 g/mol. The molecule has 0 aromatic heterocycles. The van der Waals surface area contributed by atoms with E-state index in [4.69, 9.17) is 20.4 Å². The van der Waals surface area contributed by atoms with E-state index in [0.29, 0.717) is 0 Å². The first-order valence-corrected chi connectivity index (χ1v) is 5.12. The van der Waals surface area contributed by atoms with Gasteiger partial charge in [-0.1, -0.05) is 0 Å². The summed E-state index contributed by atoms with van der Waals surface area (Å²) in [7, 11) is 0. The molecule has 0 fully saturated rings. The predicted molar refractivity (Wildman–Crippen MR) is 50.3 cm³/mol. The van der Waals surface area contributed by atoms with Gasteiger partial charge in [0.1, 0.15) is 0 Å². The molecule has 0 rings (SSSR count). The molecular weight excluding hydrogens is 286 g/mol. The van der Waals surface area contributed by atoms with Gasteiger partial charge >= 0.3 is 17.8 Å². The molecule has 0 amide bonds. The maximum Gasteiger partial charge on any atom is 0.372 e. The second-order valence-corrected chi connectivity index (χ2v) is 4.06. The lowest BCUT2D eigenvalue weighted by molar-refractivity contribution is -0.320. The number of rotatable bonds is 8. The van der Waals surface area contributed by atoms with Gasteiger partial charge in [0.05, 0.1) is 25.4 Å². The Bertz CT molecular complexity index is 260. The van der Waals surface area contributed by atoms with Crippen LogP contribution < -0.4 is 0 Å². The van der Waals surface area contributed by atoms with Gasteiger partial charge in [-0.3, -0.25) is 0 Å². The summed E-state index contributed by atoms with van der Waals surface area (Å²) in [4.78, 5) is 0. The summed E-state index contributed by atoms with van der Waals surface area (Å²) in [5, 5.41) is 33.8. The molecule has 0 aliphatic carbocycles. The fourth-order valence-electron chi connectivity index (χ4n) is 1.24. The Kier molecular flexibility index (Phi) is 6.06. The predicted octanol–water partition coefficient (Wildman–Crippen LogP) is 0.379. The molecule has 0 aliphatic heterocycles. The van der Waals surface area contributed by atoms with Crippen molar-refractivity contribution < 1.29 is 46.8 Å². The van der Waals surface area contributed by atoms with Crippen LogP contribution in [0, 0.1) is 0 Å². The number of halogens is 6. The van der Waals surface area contributed by atoms with Gasteiger partial charge < -0.3 is 20.4 Å². The molecule has 2 unspecified atom stereocenters. The number of hydrogen-bond acceptors (Lipinski definition) is 4. The van der Waals surface area contributed by atoms with Crippen LogP contribution in [-0.2, 0) is 0 Å². The second kappa shape index (κ2) is 6.25. The Labute approximate surface area is 104 Å². The van der Waals surface area contributed by atoms with Crippen molar-refractivity contribution in [3.8, 4) is 0 Å². The van der Waals surface area contributed by atoms with E-state index in [2.05, 4.69) is 0 Å². The topological polar surface area (TPSA) is 80.9 Å². The molecule has 0 aliphatic rings. The summed E-state index contributed by atoms with van der Waals surface area (Å²) in [6.45, 7) is -2.59. The van der Waals surface area contributed by atoms with E-state index in [1.807, 2.05) is 0 Å². The molecule has 19 heavy (non-hydrogen) atoms. The minimum Gasteiger partial charge on any atom is -0.394 e. The van der Waals surface area contributed by atoms with Crippen LogP contribution in [0.3, 0.4) is 0 Å². The summed E-state index contributed by atoms with van der Waals surface area (Å²) in [5.41, 5.74) is 0. The second-order valence-electron chi connectivity index (χ2n) is 4.06. The van der Waals surface area contributed by atoms with Crippen LogP contribution in [0.5, 0.6) is 0 Å². The Hall–Kier alpha value is -0.580. The first-order valence-electron chi connectivity index (χ1n) is 5.12. The third-order valence-corrected chi connectivity index (χ3v) is 2.32. The van der Waals surface area contributed by atoms with E-state index in [9.17, 15) is 26.3 Å². The van der Waals surface area contributed by atoms with Crippen molar-refractivity contribution in [3.63, 3.8) is 0 Å². The summed E-state index contributed by atoms with van der Waals surface area (Å²) in [6, 6.07) is 0. The Morgan fingerprint density at radius 2 is 0.947 bits per heavy atom. The molecule has 116 valence electrons. The zero-order valence-electron chi connectivity index (χ0n) is 9.54. The van der Waals surface area contributed by atoms with Crippen LogP contribution in [0.15, 0.2) is 0 Å². The molecule has 0 aromatic rings. The van der Waals surface area contributed by atoms with Gasteiger partial charge in [0.25, 0.3) is 0 Å². The fourth-order valence-corrected chi connectivity index (χ4v) is 1.24. The number of hydrogen-bond donors (Lipinski definition) is 4. The van der Waals surface area contributed by atoms with Gasteiger partial charge in [-0.2, -0.15) is 26.3 Å². The molecule has 4 N–H and O–H groups in total. The van der Waals surface area contributed by atoms with E-state index in [-0.39, 0.29) is 0 Å². The van der Waals surface area contributed by atoms with Crippen molar-refractivity contribution in [3.05, 3.63) is 0 Å². The molecule has 0 spiro atoms. The van der Waals surface area contributed by atoms with E-state index in [1.54, 1.807) is 0 Å². The molecule has 0 saturated heterocycles. The Balaban J connectivity index is 5.10. The molecule has 0 saturated carbocycles. The maximum absolute atomic E-state index is 13.1. The standard InChI is InChI=1S/C9H14F6O4/c10-7(11,1-5(18)3-16)9(14,15)8(12,13)2-6(19)4-17/h5-6,16-19H,1-4H2. The highest BCUT2D eigenvalue weighted by Gasteiger charge is 2.71.